The maximum Gasteiger partial charge on any atom is 0.298 e. The summed E-state index contributed by atoms with van der Waals surface area (Å²) >= 11 is 0. The van der Waals surface area contributed by atoms with Crippen LogP contribution in [-0.4, -0.2) is 20.0 Å². The van der Waals surface area contributed by atoms with Gasteiger partial charge in [-0.15, -0.1) is 0 Å². The minimum Gasteiger partial charge on any atom is -0.271 e. The molecule has 1 aromatic carbocycles. The Kier molecular flexibility index (Phi) is 2.27. The number of nitrogens with one attached hydrogen (secondary N) is 1. The first-order chi connectivity index (χ1) is 7.95. The lowest BCUT2D eigenvalue weighted by molar-refractivity contribution is -0.387. The SMILES string of the molecule is Cc1c(C)c([N+](=O)[O-])c2[nH]ncc2c1[N+](=O)[O-]. The molecular formula is C9H8N4O4. The summed E-state index contributed by atoms with van der Waals surface area (Å²) in [5.74, 6) is 0. The molecule has 0 spiro atoms. The van der Waals surface area contributed by atoms with Gasteiger partial charge in [0.2, 0.25) is 0 Å². The molecular weight excluding hydrogens is 228 g/mol. The van der Waals surface area contributed by atoms with Crippen LogP contribution >= 0.6 is 0 Å². The molecule has 17 heavy (non-hydrogen) atoms. The van der Waals surface area contributed by atoms with Crippen LogP contribution in [-0.2, 0) is 0 Å². The summed E-state index contributed by atoms with van der Waals surface area (Å²) < 4.78 is 0. The number of nitro benzene ring substituents is 2. The van der Waals surface area contributed by atoms with Gasteiger partial charge in [-0.1, -0.05) is 0 Å². The van der Waals surface area contributed by atoms with Crippen LogP contribution in [0.2, 0.25) is 0 Å². The summed E-state index contributed by atoms with van der Waals surface area (Å²) in [6, 6.07) is 0. The van der Waals surface area contributed by atoms with Gasteiger partial charge in [-0.3, -0.25) is 25.3 Å². The van der Waals surface area contributed by atoms with Crippen LogP contribution in [0.1, 0.15) is 11.1 Å². The van der Waals surface area contributed by atoms with E-state index in [2.05, 4.69) is 10.2 Å². The third kappa shape index (κ3) is 1.41. The van der Waals surface area contributed by atoms with Crippen molar-refractivity contribution < 1.29 is 9.85 Å². The molecule has 0 aliphatic heterocycles. The molecule has 0 aliphatic rings. The number of nitrogens with zero attached hydrogens (tertiary/aromatic N) is 3. The van der Waals surface area contributed by atoms with E-state index in [1.165, 1.54) is 20.0 Å². The summed E-state index contributed by atoms with van der Waals surface area (Å²) in [5.41, 5.74) is 0.344. The Morgan fingerprint density at radius 2 is 1.65 bits per heavy atom. The minimum absolute atomic E-state index is 0.0878. The van der Waals surface area contributed by atoms with Crippen LogP contribution in [0.4, 0.5) is 11.4 Å². The number of nitro groups is 2. The van der Waals surface area contributed by atoms with Gasteiger partial charge in [0.15, 0.2) is 5.52 Å². The zero-order valence-corrected chi connectivity index (χ0v) is 9.05. The van der Waals surface area contributed by atoms with E-state index in [1.807, 2.05) is 0 Å². The molecule has 2 aromatic rings. The van der Waals surface area contributed by atoms with Crippen molar-refractivity contribution in [2.45, 2.75) is 13.8 Å². The Balaban J connectivity index is 3.02. The standard InChI is InChI=1S/C9H8N4O4/c1-4-5(2)9(13(16)17)7-6(3-10-11-7)8(4)12(14)15/h3H,1-2H3,(H,10,11). The number of fused-ring (bicyclic) bond motifs is 1. The normalized spacial score (nSPS) is 10.7. The van der Waals surface area contributed by atoms with E-state index in [0.717, 1.165) is 0 Å². The van der Waals surface area contributed by atoms with Crippen molar-refractivity contribution >= 4 is 22.3 Å². The molecule has 0 atom stereocenters. The monoisotopic (exact) mass is 236 g/mol. The van der Waals surface area contributed by atoms with Crippen LogP contribution in [0.3, 0.4) is 0 Å². The van der Waals surface area contributed by atoms with Gasteiger partial charge in [-0.2, -0.15) is 5.10 Å². The average Bonchev–Trinajstić information content (AvgIpc) is 2.66. The molecule has 0 aliphatic carbocycles. The molecule has 8 nitrogen and oxygen atoms in total. The quantitative estimate of drug-likeness (QED) is 0.632. The zero-order valence-electron chi connectivity index (χ0n) is 9.05. The van der Waals surface area contributed by atoms with Gasteiger partial charge in [-0.25, -0.2) is 0 Å². The fraction of sp³-hybridized carbons (Fsp3) is 0.222. The first kappa shape index (κ1) is 11.0. The lowest BCUT2D eigenvalue weighted by Gasteiger charge is -2.04. The highest BCUT2D eigenvalue weighted by Gasteiger charge is 2.28. The van der Waals surface area contributed by atoms with E-state index in [-0.39, 0.29) is 33.4 Å². The molecule has 2 rings (SSSR count). The van der Waals surface area contributed by atoms with Crippen molar-refractivity contribution in [1.82, 2.24) is 10.2 Å². The van der Waals surface area contributed by atoms with Gasteiger partial charge in [0.25, 0.3) is 11.4 Å². The summed E-state index contributed by atoms with van der Waals surface area (Å²) in [4.78, 5) is 20.8. The summed E-state index contributed by atoms with van der Waals surface area (Å²) in [7, 11) is 0. The summed E-state index contributed by atoms with van der Waals surface area (Å²) in [5, 5.41) is 28.1. The topological polar surface area (TPSA) is 115 Å². The fourth-order valence-corrected chi connectivity index (χ4v) is 1.85. The van der Waals surface area contributed by atoms with Crippen molar-refractivity contribution in [3.8, 4) is 0 Å². The molecule has 1 aromatic heterocycles. The number of H-pyrrole nitrogens is 1. The van der Waals surface area contributed by atoms with Gasteiger partial charge in [-0.05, 0) is 13.8 Å². The maximum absolute atomic E-state index is 11.0. The van der Waals surface area contributed by atoms with Crippen LogP contribution in [0, 0.1) is 34.1 Å². The largest absolute Gasteiger partial charge is 0.298 e. The number of aromatic amines is 1. The molecule has 1 N–H and O–H groups in total. The predicted molar refractivity (Wildman–Crippen MR) is 58.9 cm³/mol. The number of rotatable bonds is 2. The highest BCUT2D eigenvalue weighted by atomic mass is 16.6. The van der Waals surface area contributed by atoms with Crippen LogP contribution in [0.5, 0.6) is 0 Å². The van der Waals surface area contributed by atoms with Gasteiger partial charge in [0, 0.05) is 11.1 Å². The summed E-state index contributed by atoms with van der Waals surface area (Å²) in [6.45, 7) is 2.98. The van der Waals surface area contributed by atoms with E-state index < -0.39 is 9.85 Å². The number of benzene rings is 1. The first-order valence-electron chi connectivity index (χ1n) is 4.70. The molecule has 0 fully saturated rings. The Morgan fingerprint density at radius 1 is 1.12 bits per heavy atom. The Morgan fingerprint density at radius 3 is 2.18 bits per heavy atom. The second kappa shape index (κ2) is 3.51. The molecule has 0 radical (unpaired) electrons. The number of hydrogen-bond acceptors (Lipinski definition) is 5. The fourth-order valence-electron chi connectivity index (χ4n) is 1.85. The molecule has 0 amide bonds. The predicted octanol–water partition coefficient (Wildman–Crippen LogP) is 2.00. The number of aromatic nitrogens is 2. The van der Waals surface area contributed by atoms with E-state index in [0.29, 0.717) is 0 Å². The van der Waals surface area contributed by atoms with E-state index in [9.17, 15) is 20.2 Å². The average molecular weight is 236 g/mol. The van der Waals surface area contributed by atoms with Gasteiger partial charge >= 0.3 is 0 Å². The highest BCUT2D eigenvalue weighted by molar-refractivity contribution is 5.97. The molecule has 88 valence electrons. The second-order valence-corrected chi connectivity index (χ2v) is 3.62. The summed E-state index contributed by atoms with van der Waals surface area (Å²) in [6.07, 6.45) is 1.23. The van der Waals surface area contributed by atoms with Gasteiger partial charge < -0.3 is 0 Å². The lowest BCUT2D eigenvalue weighted by atomic mass is 10.0. The lowest BCUT2D eigenvalue weighted by Crippen LogP contribution is -2.00. The van der Waals surface area contributed by atoms with E-state index in [4.69, 9.17) is 0 Å². The minimum atomic E-state index is -0.563. The van der Waals surface area contributed by atoms with Crippen LogP contribution in [0.25, 0.3) is 10.9 Å². The molecule has 0 saturated carbocycles. The van der Waals surface area contributed by atoms with Gasteiger partial charge in [0.05, 0.1) is 16.0 Å². The number of hydrogen-bond donors (Lipinski definition) is 1. The molecule has 0 bridgehead atoms. The van der Waals surface area contributed by atoms with Crippen molar-refractivity contribution in [3.63, 3.8) is 0 Å². The molecule has 0 saturated heterocycles. The third-order valence-electron chi connectivity index (χ3n) is 2.77. The van der Waals surface area contributed by atoms with E-state index in [1.54, 1.807) is 0 Å². The van der Waals surface area contributed by atoms with Crippen molar-refractivity contribution in [2.24, 2.45) is 0 Å². The Labute approximate surface area is 94.5 Å². The zero-order chi connectivity index (χ0) is 12.7. The second-order valence-electron chi connectivity index (χ2n) is 3.62. The first-order valence-corrected chi connectivity index (χ1v) is 4.70. The maximum atomic E-state index is 11.0. The van der Waals surface area contributed by atoms with Crippen molar-refractivity contribution in [3.05, 3.63) is 37.6 Å². The van der Waals surface area contributed by atoms with Crippen LogP contribution in [0.15, 0.2) is 6.20 Å². The Hall–Kier alpha value is -2.51. The van der Waals surface area contributed by atoms with Crippen LogP contribution < -0.4 is 0 Å². The highest BCUT2D eigenvalue weighted by Crippen LogP contribution is 2.37. The van der Waals surface area contributed by atoms with E-state index >= 15 is 0 Å². The molecule has 0 unspecified atom stereocenters. The third-order valence-corrected chi connectivity index (χ3v) is 2.77. The molecule has 1 heterocycles. The van der Waals surface area contributed by atoms with Crippen molar-refractivity contribution in [1.29, 1.82) is 0 Å². The van der Waals surface area contributed by atoms with Gasteiger partial charge in [0.1, 0.15) is 5.39 Å². The smallest absolute Gasteiger partial charge is 0.271 e. The molecule has 8 heteroatoms. The van der Waals surface area contributed by atoms with Crippen molar-refractivity contribution in [2.75, 3.05) is 0 Å². The Bertz CT molecular complexity index is 592.